The Bertz CT molecular complexity index is 386. The van der Waals surface area contributed by atoms with Gasteiger partial charge in [-0.1, -0.05) is 13.0 Å². The first-order chi connectivity index (χ1) is 8.19. The van der Waals surface area contributed by atoms with Crippen LogP contribution in [-0.4, -0.2) is 18.8 Å². The second-order valence-corrected chi connectivity index (χ2v) is 4.95. The maximum Gasteiger partial charge on any atom is 0.123 e. The van der Waals surface area contributed by atoms with Crippen molar-refractivity contribution in [2.45, 2.75) is 32.7 Å². The van der Waals surface area contributed by atoms with Crippen molar-refractivity contribution in [3.8, 4) is 11.5 Å². The second kappa shape index (κ2) is 4.96. The summed E-state index contributed by atoms with van der Waals surface area (Å²) in [6, 6.07) is 5.44. The van der Waals surface area contributed by atoms with Crippen LogP contribution in [0.2, 0.25) is 0 Å². The first kappa shape index (κ1) is 12.2. The van der Waals surface area contributed by atoms with E-state index >= 15 is 0 Å². The minimum absolute atomic E-state index is 0.304. The number of ether oxygens (including phenoxy) is 1. The van der Waals surface area contributed by atoms with Gasteiger partial charge in [-0.25, -0.2) is 0 Å². The number of nitrogens with one attached hydrogen (secondary N) is 1. The summed E-state index contributed by atoms with van der Waals surface area (Å²) >= 11 is 0. The fourth-order valence-corrected chi connectivity index (χ4v) is 2.11. The molecule has 0 heterocycles. The maximum absolute atomic E-state index is 9.80. The standard InChI is InChI=1S/C14H21NO2/c1-3-14(6-7-14)10-15-9-11-4-5-12(17-2)8-13(11)16/h4-5,8,15-16H,3,6-7,9-10H2,1-2H3. The first-order valence-electron chi connectivity index (χ1n) is 6.26. The topological polar surface area (TPSA) is 41.5 Å². The quantitative estimate of drug-likeness (QED) is 0.796. The van der Waals surface area contributed by atoms with Crippen molar-refractivity contribution in [3.05, 3.63) is 23.8 Å². The number of methoxy groups -OCH3 is 1. The Morgan fingerprint density at radius 1 is 1.41 bits per heavy atom. The minimum Gasteiger partial charge on any atom is -0.507 e. The molecule has 1 aliphatic carbocycles. The molecule has 2 N–H and O–H groups in total. The van der Waals surface area contributed by atoms with Crippen LogP contribution < -0.4 is 10.1 Å². The molecule has 3 heteroatoms. The summed E-state index contributed by atoms with van der Waals surface area (Å²) in [6.07, 6.45) is 3.92. The number of rotatable bonds is 6. The number of phenols is 1. The average molecular weight is 235 g/mol. The van der Waals surface area contributed by atoms with Crippen LogP contribution in [0.5, 0.6) is 11.5 Å². The molecule has 0 bridgehead atoms. The van der Waals surface area contributed by atoms with E-state index in [-0.39, 0.29) is 0 Å². The van der Waals surface area contributed by atoms with E-state index < -0.39 is 0 Å². The molecule has 0 radical (unpaired) electrons. The zero-order valence-corrected chi connectivity index (χ0v) is 10.6. The van der Waals surface area contributed by atoms with Crippen LogP contribution in [0.3, 0.4) is 0 Å². The Morgan fingerprint density at radius 2 is 2.18 bits per heavy atom. The van der Waals surface area contributed by atoms with E-state index in [0.29, 0.717) is 16.9 Å². The lowest BCUT2D eigenvalue weighted by Gasteiger charge is -2.14. The molecule has 1 aliphatic rings. The Labute approximate surface area is 103 Å². The van der Waals surface area contributed by atoms with Crippen molar-refractivity contribution in [3.63, 3.8) is 0 Å². The Morgan fingerprint density at radius 3 is 2.71 bits per heavy atom. The maximum atomic E-state index is 9.80. The Kier molecular flexibility index (Phi) is 3.57. The van der Waals surface area contributed by atoms with Gasteiger partial charge >= 0.3 is 0 Å². The number of hydrogen-bond donors (Lipinski definition) is 2. The fourth-order valence-electron chi connectivity index (χ4n) is 2.11. The number of phenolic OH excluding ortho intramolecular Hbond substituents is 1. The lowest BCUT2D eigenvalue weighted by Crippen LogP contribution is -2.23. The van der Waals surface area contributed by atoms with Gasteiger partial charge in [0.05, 0.1) is 7.11 Å². The van der Waals surface area contributed by atoms with Gasteiger partial charge in [0.2, 0.25) is 0 Å². The third kappa shape index (κ3) is 2.91. The average Bonchev–Trinajstić information content (AvgIpc) is 3.12. The van der Waals surface area contributed by atoms with E-state index in [1.54, 1.807) is 13.2 Å². The minimum atomic E-state index is 0.304. The van der Waals surface area contributed by atoms with Crippen LogP contribution in [0.15, 0.2) is 18.2 Å². The molecular weight excluding hydrogens is 214 g/mol. The predicted molar refractivity (Wildman–Crippen MR) is 68.3 cm³/mol. The number of hydrogen-bond acceptors (Lipinski definition) is 3. The molecule has 0 aliphatic heterocycles. The predicted octanol–water partition coefficient (Wildman–Crippen LogP) is 2.68. The highest BCUT2D eigenvalue weighted by molar-refractivity contribution is 5.39. The molecule has 1 aromatic rings. The lowest BCUT2D eigenvalue weighted by molar-refractivity contribution is 0.404. The summed E-state index contributed by atoms with van der Waals surface area (Å²) in [4.78, 5) is 0. The van der Waals surface area contributed by atoms with E-state index in [0.717, 1.165) is 18.7 Å². The van der Waals surface area contributed by atoms with E-state index in [1.807, 2.05) is 12.1 Å². The zero-order chi connectivity index (χ0) is 12.3. The first-order valence-corrected chi connectivity index (χ1v) is 6.26. The zero-order valence-electron chi connectivity index (χ0n) is 10.6. The van der Waals surface area contributed by atoms with E-state index in [1.165, 1.54) is 19.3 Å². The summed E-state index contributed by atoms with van der Waals surface area (Å²) in [6.45, 7) is 4.02. The van der Waals surface area contributed by atoms with Crippen LogP contribution in [-0.2, 0) is 6.54 Å². The van der Waals surface area contributed by atoms with Crippen molar-refractivity contribution in [1.29, 1.82) is 0 Å². The number of benzene rings is 1. The van der Waals surface area contributed by atoms with Crippen molar-refractivity contribution >= 4 is 0 Å². The van der Waals surface area contributed by atoms with Gasteiger partial charge in [-0.05, 0) is 30.7 Å². The Balaban J connectivity index is 1.86. The van der Waals surface area contributed by atoms with Crippen LogP contribution in [0.25, 0.3) is 0 Å². The van der Waals surface area contributed by atoms with E-state index in [2.05, 4.69) is 12.2 Å². The van der Waals surface area contributed by atoms with Gasteiger partial charge in [0, 0.05) is 24.7 Å². The fraction of sp³-hybridized carbons (Fsp3) is 0.571. The van der Waals surface area contributed by atoms with Crippen LogP contribution in [0.4, 0.5) is 0 Å². The van der Waals surface area contributed by atoms with Crippen molar-refractivity contribution in [1.82, 2.24) is 5.32 Å². The summed E-state index contributed by atoms with van der Waals surface area (Å²) in [5.41, 5.74) is 1.47. The van der Waals surface area contributed by atoms with E-state index in [4.69, 9.17) is 4.74 Å². The molecule has 2 rings (SSSR count). The van der Waals surface area contributed by atoms with Crippen molar-refractivity contribution < 1.29 is 9.84 Å². The van der Waals surface area contributed by atoms with Crippen molar-refractivity contribution in [2.24, 2.45) is 5.41 Å². The third-order valence-electron chi connectivity index (χ3n) is 3.82. The van der Waals surface area contributed by atoms with E-state index in [9.17, 15) is 5.11 Å². The highest BCUT2D eigenvalue weighted by Gasteiger charge is 2.39. The van der Waals surface area contributed by atoms with Gasteiger partial charge in [0.25, 0.3) is 0 Å². The van der Waals surface area contributed by atoms with Gasteiger partial charge in [-0.15, -0.1) is 0 Å². The molecule has 17 heavy (non-hydrogen) atoms. The molecule has 0 saturated heterocycles. The molecule has 0 atom stereocenters. The van der Waals surface area contributed by atoms with Crippen molar-refractivity contribution in [2.75, 3.05) is 13.7 Å². The second-order valence-electron chi connectivity index (χ2n) is 4.95. The van der Waals surface area contributed by atoms with Crippen LogP contribution >= 0.6 is 0 Å². The number of aromatic hydroxyl groups is 1. The molecule has 0 amide bonds. The molecular formula is C14H21NO2. The molecule has 1 fully saturated rings. The Hall–Kier alpha value is -1.22. The normalized spacial score (nSPS) is 16.8. The SMILES string of the molecule is CCC1(CNCc2ccc(OC)cc2O)CC1. The van der Waals surface area contributed by atoms with Gasteiger partial charge < -0.3 is 15.2 Å². The summed E-state index contributed by atoms with van der Waals surface area (Å²) < 4.78 is 5.06. The molecule has 0 spiro atoms. The largest absolute Gasteiger partial charge is 0.507 e. The summed E-state index contributed by atoms with van der Waals surface area (Å²) in [7, 11) is 1.60. The molecule has 0 unspecified atom stereocenters. The van der Waals surface area contributed by atoms with Gasteiger partial charge in [0.15, 0.2) is 0 Å². The summed E-state index contributed by atoms with van der Waals surface area (Å²) in [5.74, 6) is 0.997. The molecule has 1 saturated carbocycles. The third-order valence-corrected chi connectivity index (χ3v) is 3.82. The highest BCUT2D eigenvalue weighted by Crippen LogP contribution is 2.47. The monoisotopic (exact) mass is 235 g/mol. The molecule has 3 nitrogen and oxygen atoms in total. The molecule has 94 valence electrons. The van der Waals surface area contributed by atoms with Crippen LogP contribution in [0.1, 0.15) is 31.7 Å². The molecule has 0 aromatic heterocycles. The van der Waals surface area contributed by atoms with Gasteiger partial charge in [0.1, 0.15) is 11.5 Å². The smallest absolute Gasteiger partial charge is 0.123 e. The van der Waals surface area contributed by atoms with Gasteiger partial charge in [-0.3, -0.25) is 0 Å². The summed E-state index contributed by atoms with van der Waals surface area (Å²) in [5, 5.41) is 13.2. The van der Waals surface area contributed by atoms with Crippen LogP contribution in [0, 0.1) is 5.41 Å². The van der Waals surface area contributed by atoms with Gasteiger partial charge in [-0.2, -0.15) is 0 Å². The molecule has 1 aromatic carbocycles. The lowest BCUT2D eigenvalue weighted by atomic mass is 10.0. The highest BCUT2D eigenvalue weighted by atomic mass is 16.5.